The molecule has 0 saturated heterocycles. The van der Waals surface area contributed by atoms with Gasteiger partial charge in [0.25, 0.3) is 0 Å². The molecule has 1 aromatic heterocycles. The molecule has 0 radical (unpaired) electrons. The number of aromatic nitrogens is 1. The van der Waals surface area contributed by atoms with Gasteiger partial charge in [-0.3, -0.25) is 4.79 Å². The highest BCUT2D eigenvalue weighted by Gasteiger charge is 2.23. The van der Waals surface area contributed by atoms with Crippen molar-refractivity contribution in [3.63, 3.8) is 0 Å². The summed E-state index contributed by atoms with van der Waals surface area (Å²) in [6, 6.07) is 16.7. The highest BCUT2D eigenvalue weighted by molar-refractivity contribution is 5.86. The van der Waals surface area contributed by atoms with Crippen molar-refractivity contribution >= 4 is 16.9 Å². The van der Waals surface area contributed by atoms with Crippen LogP contribution in [0, 0.1) is 12.8 Å². The number of hydrogen-bond donors (Lipinski definition) is 1. The summed E-state index contributed by atoms with van der Waals surface area (Å²) in [5.41, 5.74) is 4.62. The van der Waals surface area contributed by atoms with E-state index in [0.717, 1.165) is 23.6 Å². The van der Waals surface area contributed by atoms with Crippen molar-refractivity contribution in [3.05, 3.63) is 71.4 Å². The van der Waals surface area contributed by atoms with Crippen molar-refractivity contribution in [1.82, 2.24) is 4.57 Å². The van der Waals surface area contributed by atoms with Crippen LogP contribution in [0.25, 0.3) is 10.9 Å². The lowest BCUT2D eigenvalue weighted by Crippen LogP contribution is -2.13. The summed E-state index contributed by atoms with van der Waals surface area (Å²) >= 11 is 0. The lowest BCUT2D eigenvalue weighted by Gasteiger charge is -2.22. The normalized spacial score (nSPS) is 16.3. The van der Waals surface area contributed by atoms with Crippen LogP contribution in [0.2, 0.25) is 0 Å². The largest absolute Gasteiger partial charge is 0.481 e. The van der Waals surface area contributed by atoms with Crippen LogP contribution in [-0.2, 0) is 11.3 Å². The second-order valence-electron chi connectivity index (χ2n) is 8.32. The van der Waals surface area contributed by atoms with E-state index >= 15 is 0 Å². The van der Waals surface area contributed by atoms with Crippen LogP contribution >= 0.6 is 0 Å². The molecule has 1 N–H and O–H groups in total. The molecule has 1 aliphatic rings. The van der Waals surface area contributed by atoms with E-state index in [1.54, 1.807) is 0 Å². The number of benzene rings is 2. The first-order valence-corrected chi connectivity index (χ1v) is 10.5. The summed E-state index contributed by atoms with van der Waals surface area (Å²) in [5, 5.41) is 10.8. The Labute approximate surface area is 167 Å². The molecule has 3 nitrogen and oxygen atoms in total. The number of rotatable bonds is 6. The number of carbonyl (C=O) groups is 1. The maximum Gasteiger partial charge on any atom is 0.304 e. The third kappa shape index (κ3) is 3.99. The van der Waals surface area contributed by atoms with Gasteiger partial charge in [-0.2, -0.15) is 0 Å². The van der Waals surface area contributed by atoms with Crippen LogP contribution in [0.15, 0.2) is 54.7 Å². The average molecular weight is 376 g/mol. The van der Waals surface area contributed by atoms with E-state index in [1.807, 2.05) is 6.07 Å². The summed E-state index contributed by atoms with van der Waals surface area (Å²) in [6.07, 6.45) is 8.98. The van der Waals surface area contributed by atoms with Gasteiger partial charge >= 0.3 is 5.97 Å². The van der Waals surface area contributed by atoms with Gasteiger partial charge in [-0.05, 0) is 42.9 Å². The first-order chi connectivity index (χ1) is 13.6. The molecule has 0 amide bonds. The minimum atomic E-state index is -0.754. The molecular formula is C25H29NO2. The van der Waals surface area contributed by atoms with Crippen molar-refractivity contribution < 1.29 is 9.90 Å². The van der Waals surface area contributed by atoms with E-state index < -0.39 is 5.97 Å². The Bertz CT molecular complexity index is 966. The molecular weight excluding hydrogens is 346 g/mol. The third-order valence-electron chi connectivity index (χ3n) is 6.20. The lowest BCUT2D eigenvalue weighted by molar-refractivity contribution is -0.137. The van der Waals surface area contributed by atoms with Crippen molar-refractivity contribution in [3.8, 4) is 0 Å². The standard InChI is InChI=1S/C25H29NO2/c1-18-8-7-11-20(14-18)22(15-25(27)28)23-17-26(16-19-9-3-2-4-10-19)24-13-6-5-12-21(23)24/h5-8,11-14,17,19,22H,2-4,9-10,15-16H2,1H3,(H,27,28). The molecule has 3 aromatic rings. The molecule has 1 saturated carbocycles. The molecule has 1 heterocycles. The Morgan fingerprint density at radius 1 is 1.11 bits per heavy atom. The molecule has 1 fully saturated rings. The van der Waals surface area contributed by atoms with Gasteiger partial charge in [0.15, 0.2) is 0 Å². The number of hydrogen-bond acceptors (Lipinski definition) is 1. The molecule has 0 spiro atoms. The molecule has 0 aliphatic heterocycles. The van der Waals surface area contributed by atoms with E-state index in [9.17, 15) is 9.90 Å². The van der Waals surface area contributed by atoms with Gasteiger partial charge in [-0.25, -0.2) is 0 Å². The molecule has 1 atom stereocenters. The maximum atomic E-state index is 11.7. The van der Waals surface area contributed by atoms with E-state index in [0.29, 0.717) is 0 Å². The minimum absolute atomic E-state index is 0.112. The van der Waals surface area contributed by atoms with E-state index in [4.69, 9.17) is 0 Å². The molecule has 2 aromatic carbocycles. The summed E-state index contributed by atoms with van der Waals surface area (Å²) in [4.78, 5) is 11.7. The van der Waals surface area contributed by atoms with E-state index in [1.165, 1.54) is 48.6 Å². The van der Waals surface area contributed by atoms with Gasteiger partial charge in [-0.15, -0.1) is 0 Å². The molecule has 1 aliphatic carbocycles. The number of aryl methyl sites for hydroxylation is 1. The second-order valence-corrected chi connectivity index (χ2v) is 8.32. The van der Waals surface area contributed by atoms with Crippen molar-refractivity contribution in [1.29, 1.82) is 0 Å². The van der Waals surface area contributed by atoms with Crippen LogP contribution < -0.4 is 0 Å². The third-order valence-corrected chi connectivity index (χ3v) is 6.20. The quantitative estimate of drug-likeness (QED) is 0.562. The Morgan fingerprint density at radius 2 is 1.89 bits per heavy atom. The number of fused-ring (bicyclic) bond motifs is 1. The topological polar surface area (TPSA) is 42.2 Å². The Balaban J connectivity index is 1.77. The highest BCUT2D eigenvalue weighted by Crippen LogP contribution is 2.36. The summed E-state index contributed by atoms with van der Waals surface area (Å²) in [7, 11) is 0. The number of carboxylic acid groups (broad SMARTS) is 1. The maximum absolute atomic E-state index is 11.7. The van der Waals surface area contributed by atoms with Gasteiger partial charge in [0.05, 0.1) is 6.42 Å². The van der Waals surface area contributed by atoms with Gasteiger partial charge in [0, 0.05) is 29.6 Å². The second kappa shape index (κ2) is 8.22. The predicted octanol–water partition coefficient (Wildman–Crippen LogP) is 6.14. The Morgan fingerprint density at radius 3 is 2.64 bits per heavy atom. The predicted molar refractivity (Wildman–Crippen MR) is 114 cm³/mol. The SMILES string of the molecule is Cc1cccc(C(CC(=O)O)c2cn(CC3CCCCC3)c3ccccc23)c1. The van der Waals surface area contributed by atoms with Crippen molar-refractivity contribution in [2.24, 2.45) is 5.92 Å². The Hall–Kier alpha value is -2.55. The first-order valence-electron chi connectivity index (χ1n) is 10.5. The van der Waals surface area contributed by atoms with Crippen molar-refractivity contribution in [2.45, 2.75) is 57.9 Å². The number of nitrogens with zero attached hydrogens (tertiary/aromatic N) is 1. The van der Waals surface area contributed by atoms with E-state index in [2.05, 4.69) is 60.2 Å². The Kier molecular flexibility index (Phi) is 5.52. The summed E-state index contributed by atoms with van der Waals surface area (Å²) in [6.45, 7) is 3.10. The highest BCUT2D eigenvalue weighted by atomic mass is 16.4. The zero-order chi connectivity index (χ0) is 19.5. The molecule has 28 heavy (non-hydrogen) atoms. The zero-order valence-electron chi connectivity index (χ0n) is 16.6. The van der Waals surface area contributed by atoms with Crippen LogP contribution in [0.3, 0.4) is 0 Å². The first kappa shape index (κ1) is 18.8. The van der Waals surface area contributed by atoms with Gasteiger partial charge < -0.3 is 9.67 Å². The van der Waals surface area contributed by atoms with Crippen molar-refractivity contribution in [2.75, 3.05) is 0 Å². The molecule has 0 bridgehead atoms. The monoisotopic (exact) mass is 375 g/mol. The smallest absolute Gasteiger partial charge is 0.304 e. The minimum Gasteiger partial charge on any atom is -0.481 e. The zero-order valence-corrected chi connectivity index (χ0v) is 16.6. The number of aliphatic carboxylic acids is 1. The molecule has 4 rings (SSSR count). The van der Waals surface area contributed by atoms with E-state index in [-0.39, 0.29) is 12.3 Å². The van der Waals surface area contributed by atoms with Gasteiger partial charge in [0.2, 0.25) is 0 Å². The number of para-hydroxylation sites is 1. The van der Waals surface area contributed by atoms with Crippen LogP contribution in [0.1, 0.15) is 61.1 Å². The van der Waals surface area contributed by atoms with Gasteiger partial charge in [0.1, 0.15) is 0 Å². The number of carboxylic acids is 1. The summed E-state index contributed by atoms with van der Waals surface area (Å²) in [5.74, 6) is -0.153. The fourth-order valence-corrected chi connectivity index (χ4v) is 4.82. The summed E-state index contributed by atoms with van der Waals surface area (Å²) < 4.78 is 2.38. The molecule has 3 heteroatoms. The average Bonchev–Trinajstić information content (AvgIpc) is 3.05. The fraction of sp³-hybridized carbons (Fsp3) is 0.400. The fourth-order valence-electron chi connectivity index (χ4n) is 4.82. The molecule has 146 valence electrons. The van der Waals surface area contributed by atoms with Crippen LogP contribution in [0.5, 0.6) is 0 Å². The van der Waals surface area contributed by atoms with Crippen LogP contribution in [-0.4, -0.2) is 15.6 Å². The lowest BCUT2D eigenvalue weighted by atomic mass is 9.87. The molecule has 1 unspecified atom stereocenters. The van der Waals surface area contributed by atoms with Gasteiger partial charge in [-0.1, -0.05) is 67.3 Å². The van der Waals surface area contributed by atoms with Crippen LogP contribution in [0.4, 0.5) is 0 Å².